The molecule has 1 aromatic heterocycles. The molecule has 0 bridgehead atoms. The van der Waals surface area contributed by atoms with Crippen LogP contribution < -0.4 is 10.6 Å². The van der Waals surface area contributed by atoms with Crippen LogP contribution in [0.3, 0.4) is 0 Å². The highest BCUT2D eigenvalue weighted by atomic mass is 32.1. The summed E-state index contributed by atoms with van der Waals surface area (Å²) in [6, 6.07) is 6.21. The minimum atomic E-state index is -0.874. The molecule has 13 heteroatoms. The van der Waals surface area contributed by atoms with E-state index < -0.39 is 23.6 Å². The van der Waals surface area contributed by atoms with Gasteiger partial charge in [-0.3, -0.25) is 29.0 Å². The molecule has 0 aliphatic carbocycles. The number of β-amino-alcohol motifs (C(OH)–C–C–N with tert-alkyl or cyclic N) is 1. The second-order valence-corrected chi connectivity index (χ2v) is 15.7. The molecule has 1 aromatic carbocycles. The second-order valence-electron chi connectivity index (χ2n) is 14.8. The normalized spacial score (nSPS) is 21.3. The van der Waals surface area contributed by atoms with Crippen LogP contribution in [-0.4, -0.2) is 119 Å². The molecule has 0 radical (unpaired) electrons. The van der Waals surface area contributed by atoms with E-state index in [9.17, 15) is 24.3 Å². The number of carbonyl (C=O) groups excluding carboxylic acids is 4. The van der Waals surface area contributed by atoms with E-state index in [0.717, 1.165) is 60.7 Å². The first kappa shape index (κ1) is 35.9. The predicted molar refractivity (Wildman–Crippen MR) is 183 cm³/mol. The van der Waals surface area contributed by atoms with Gasteiger partial charge in [-0.05, 0) is 29.9 Å². The molecule has 3 amide bonds. The third kappa shape index (κ3) is 8.60. The van der Waals surface area contributed by atoms with Crippen molar-refractivity contribution in [2.45, 2.75) is 78.6 Å². The number of thiazole rings is 1. The van der Waals surface area contributed by atoms with Gasteiger partial charge in [0.15, 0.2) is 0 Å². The van der Waals surface area contributed by atoms with Crippen molar-refractivity contribution in [2.24, 2.45) is 10.8 Å². The number of esters is 1. The van der Waals surface area contributed by atoms with Gasteiger partial charge in [0, 0.05) is 51.1 Å². The van der Waals surface area contributed by atoms with Gasteiger partial charge in [-0.25, -0.2) is 4.98 Å². The van der Waals surface area contributed by atoms with Gasteiger partial charge in [0.1, 0.15) is 12.1 Å². The van der Waals surface area contributed by atoms with Crippen molar-refractivity contribution in [2.75, 3.05) is 52.4 Å². The molecule has 3 N–H and O–H groups in total. The van der Waals surface area contributed by atoms with Crippen LogP contribution in [0.2, 0.25) is 0 Å². The molecule has 2 aromatic rings. The Kier molecular flexibility index (Phi) is 11.2. The SMILES string of the molecule is CCCCOC(=O)CN1CC2(CN(CC(=O)N[C@H](C(=O)N3C[C@H](O)C[C@H]3C(=O)NCc3ccc(-c4scnc4C)cc3)C(C)(C)C)C2)C1. The number of aliphatic hydroxyl groups excluding tert-OH is 1. The van der Waals surface area contributed by atoms with E-state index in [0.29, 0.717) is 13.2 Å². The Balaban J connectivity index is 1.10. The third-order valence-electron chi connectivity index (χ3n) is 9.43. The number of aromatic nitrogens is 1. The first-order valence-corrected chi connectivity index (χ1v) is 17.8. The van der Waals surface area contributed by atoms with Crippen molar-refractivity contribution >= 4 is 35.0 Å². The van der Waals surface area contributed by atoms with Crippen molar-refractivity contribution in [3.8, 4) is 10.4 Å². The Morgan fingerprint density at radius 1 is 1.08 bits per heavy atom. The summed E-state index contributed by atoms with van der Waals surface area (Å²) in [4.78, 5) is 63.5. The van der Waals surface area contributed by atoms with Crippen molar-refractivity contribution < 1.29 is 29.0 Å². The Morgan fingerprint density at radius 2 is 1.75 bits per heavy atom. The maximum Gasteiger partial charge on any atom is 0.320 e. The molecule has 262 valence electrons. The zero-order chi connectivity index (χ0) is 34.6. The van der Waals surface area contributed by atoms with Gasteiger partial charge in [-0.2, -0.15) is 0 Å². The van der Waals surface area contributed by atoms with E-state index in [2.05, 4.69) is 32.3 Å². The summed E-state index contributed by atoms with van der Waals surface area (Å²) in [5.74, 6) is -1.16. The fraction of sp³-hybridized carbons (Fsp3) is 0.629. The van der Waals surface area contributed by atoms with E-state index in [4.69, 9.17) is 4.74 Å². The fourth-order valence-electron chi connectivity index (χ4n) is 6.98. The van der Waals surface area contributed by atoms with E-state index in [1.807, 2.05) is 57.5 Å². The summed E-state index contributed by atoms with van der Waals surface area (Å²) in [5, 5.41) is 16.4. The van der Waals surface area contributed by atoms with Gasteiger partial charge in [-0.15, -0.1) is 11.3 Å². The van der Waals surface area contributed by atoms with Crippen molar-refractivity contribution in [1.29, 1.82) is 0 Å². The number of benzene rings is 1. The number of carbonyl (C=O) groups is 4. The molecule has 3 aliphatic rings. The lowest BCUT2D eigenvalue weighted by atomic mass is 9.73. The molecule has 5 rings (SSSR count). The average Bonchev–Trinajstić information content (AvgIpc) is 3.61. The molecule has 4 heterocycles. The van der Waals surface area contributed by atoms with E-state index in [1.165, 1.54) is 4.90 Å². The van der Waals surface area contributed by atoms with Crippen LogP contribution in [0.15, 0.2) is 29.8 Å². The standard InChI is InChI=1S/C35H50N6O6S/c1-6-7-12-47-29(44)17-40-20-35(21-40)18-39(19-35)16-28(43)38-31(34(3,4)5)33(46)41-15-26(42)13-27(41)32(45)36-14-24-8-10-25(11-9-24)30-23(2)37-22-48-30/h8-11,22,26-27,31,42H,6-7,12-21H2,1-5H3,(H,36,45)(H,38,43)/t26-,27+,31-/m1/s1. The topological polar surface area (TPSA) is 144 Å². The van der Waals surface area contributed by atoms with Gasteiger partial charge in [0.05, 0.1) is 41.9 Å². The van der Waals surface area contributed by atoms with Crippen LogP contribution in [0.4, 0.5) is 0 Å². The number of aliphatic hydroxyl groups is 1. The van der Waals surface area contributed by atoms with Gasteiger partial charge < -0.3 is 25.4 Å². The summed E-state index contributed by atoms with van der Waals surface area (Å²) >= 11 is 1.58. The highest BCUT2D eigenvalue weighted by molar-refractivity contribution is 7.13. The van der Waals surface area contributed by atoms with Crippen LogP contribution in [0, 0.1) is 17.8 Å². The number of amides is 3. The molecular formula is C35H50N6O6S. The fourth-order valence-corrected chi connectivity index (χ4v) is 7.79. The Labute approximate surface area is 287 Å². The van der Waals surface area contributed by atoms with Crippen LogP contribution in [0.5, 0.6) is 0 Å². The molecule has 0 saturated carbocycles. The number of likely N-dealkylation sites (tertiary alicyclic amines) is 3. The summed E-state index contributed by atoms with van der Waals surface area (Å²) in [5.41, 5.74) is 4.24. The number of hydrogen-bond acceptors (Lipinski definition) is 10. The van der Waals surface area contributed by atoms with E-state index in [1.54, 1.807) is 11.3 Å². The lowest BCUT2D eigenvalue weighted by Crippen LogP contribution is -2.73. The zero-order valence-electron chi connectivity index (χ0n) is 28.8. The molecule has 12 nitrogen and oxygen atoms in total. The predicted octanol–water partition coefficient (Wildman–Crippen LogP) is 2.19. The Bertz CT molecular complexity index is 1460. The number of aryl methyl sites for hydroxylation is 1. The third-order valence-corrected chi connectivity index (χ3v) is 10.4. The number of rotatable bonds is 13. The summed E-state index contributed by atoms with van der Waals surface area (Å²) in [6.07, 6.45) is 1.16. The van der Waals surface area contributed by atoms with Gasteiger partial charge in [0.2, 0.25) is 17.7 Å². The van der Waals surface area contributed by atoms with E-state index in [-0.39, 0.29) is 55.2 Å². The molecule has 3 fully saturated rings. The van der Waals surface area contributed by atoms with Crippen molar-refractivity contribution in [3.63, 3.8) is 0 Å². The number of nitrogens with one attached hydrogen (secondary N) is 2. The second kappa shape index (κ2) is 15.0. The van der Waals surface area contributed by atoms with E-state index >= 15 is 0 Å². The molecule has 3 atom stereocenters. The number of unbranched alkanes of at least 4 members (excludes halogenated alkanes) is 1. The number of hydrogen-bond donors (Lipinski definition) is 3. The van der Waals surface area contributed by atoms with Crippen LogP contribution >= 0.6 is 11.3 Å². The zero-order valence-corrected chi connectivity index (χ0v) is 29.6. The lowest BCUT2D eigenvalue weighted by Gasteiger charge is -2.60. The molecule has 0 unspecified atom stereocenters. The maximum atomic E-state index is 13.9. The smallest absolute Gasteiger partial charge is 0.320 e. The van der Waals surface area contributed by atoms with Gasteiger partial charge in [-0.1, -0.05) is 58.4 Å². The highest BCUT2D eigenvalue weighted by Gasteiger charge is 2.52. The van der Waals surface area contributed by atoms with Crippen LogP contribution in [0.25, 0.3) is 10.4 Å². The Hall–Kier alpha value is -3.39. The first-order valence-electron chi connectivity index (χ1n) is 16.9. The minimum absolute atomic E-state index is 0.0273. The lowest BCUT2D eigenvalue weighted by molar-refractivity contribution is -0.157. The van der Waals surface area contributed by atoms with Crippen molar-refractivity contribution in [3.05, 3.63) is 41.0 Å². The first-order chi connectivity index (χ1) is 22.8. The molecule has 48 heavy (non-hydrogen) atoms. The quantitative estimate of drug-likeness (QED) is 0.214. The Morgan fingerprint density at radius 3 is 2.35 bits per heavy atom. The van der Waals surface area contributed by atoms with Gasteiger partial charge in [0.25, 0.3) is 0 Å². The monoisotopic (exact) mass is 682 g/mol. The molecule has 3 aliphatic heterocycles. The van der Waals surface area contributed by atoms with Crippen molar-refractivity contribution in [1.82, 2.24) is 30.3 Å². The number of ether oxygens (including phenoxy) is 1. The summed E-state index contributed by atoms with van der Waals surface area (Å²) in [6.45, 7) is 14.0. The molecule has 3 saturated heterocycles. The summed E-state index contributed by atoms with van der Waals surface area (Å²) < 4.78 is 5.26. The van der Waals surface area contributed by atoms with Gasteiger partial charge >= 0.3 is 5.97 Å². The maximum absolute atomic E-state index is 13.9. The number of nitrogens with zero attached hydrogens (tertiary/aromatic N) is 4. The molecule has 1 spiro atoms. The van der Waals surface area contributed by atoms with Crippen LogP contribution in [0.1, 0.15) is 58.2 Å². The largest absolute Gasteiger partial charge is 0.465 e. The molecular weight excluding hydrogens is 632 g/mol. The minimum Gasteiger partial charge on any atom is -0.465 e. The highest BCUT2D eigenvalue weighted by Crippen LogP contribution is 2.39. The van der Waals surface area contributed by atoms with Crippen LogP contribution in [-0.2, 0) is 30.5 Å². The average molecular weight is 683 g/mol. The summed E-state index contributed by atoms with van der Waals surface area (Å²) in [7, 11) is 0.